The number of hydrogen-bond acceptors (Lipinski definition) is 3. The maximum absolute atomic E-state index is 11.9. The van der Waals surface area contributed by atoms with Crippen LogP contribution in [0.15, 0.2) is 30.4 Å². The summed E-state index contributed by atoms with van der Waals surface area (Å²) in [4.78, 5) is 21.9. The van der Waals surface area contributed by atoms with E-state index in [2.05, 4.69) is 5.32 Å². The first-order chi connectivity index (χ1) is 8.58. The molecule has 1 aliphatic carbocycles. The smallest absolute Gasteiger partial charge is 0.287 e. The molecule has 0 atom stereocenters. The molecule has 5 nitrogen and oxygen atoms in total. The fourth-order valence-electron chi connectivity index (χ4n) is 1.80. The van der Waals surface area contributed by atoms with Crippen LogP contribution in [0.5, 0.6) is 0 Å². The molecule has 0 bridgehead atoms. The van der Waals surface area contributed by atoms with Crippen LogP contribution in [0.2, 0.25) is 5.02 Å². The summed E-state index contributed by atoms with van der Waals surface area (Å²) in [5.41, 5.74) is 0.133. The lowest BCUT2D eigenvalue weighted by Crippen LogP contribution is -2.32. The van der Waals surface area contributed by atoms with Gasteiger partial charge in [0.25, 0.3) is 11.6 Å². The van der Waals surface area contributed by atoms with E-state index in [4.69, 9.17) is 11.6 Å². The molecule has 94 valence electrons. The minimum absolute atomic E-state index is 0.0304. The van der Waals surface area contributed by atoms with Gasteiger partial charge in [0.15, 0.2) is 0 Å². The first kappa shape index (κ1) is 12.6. The van der Waals surface area contributed by atoms with E-state index < -0.39 is 4.92 Å². The number of benzene rings is 1. The van der Waals surface area contributed by atoms with Crippen molar-refractivity contribution in [2.75, 3.05) is 0 Å². The second-order valence-electron chi connectivity index (χ2n) is 4.04. The molecular weight excluding hydrogens is 256 g/mol. The summed E-state index contributed by atoms with van der Waals surface area (Å²) in [5, 5.41) is 13.4. The Hall–Kier alpha value is -1.88. The lowest BCUT2D eigenvalue weighted by atomic mass is 10.1. The molecule has 0 aliphatic heterocycles. The molecule has 0 saturated carbocycles. The lowest BCUT2D eigenvalue weighted by Gasteiger charge is -2.11. The summed E-state index contributed by atoms with van der Waals surface area (Å²) in [6.45, 7) is 0. The van der Waals surface area contributed by atoms with E-state index in [1.54, 1.807) is 0 Å². The van der Waals surface area contributed by atoms with Crippen molar-refractivity contribution in [3.8, 4) is 0 Å². The number of carbonyl (C=O) groups excluding carboxylic acids is 1. The van der Waals surface area contributed by atoms with Gasteiger partial charge in [0.1, 0.15) is 5.02 Å². The van der Waals surface area contributed by atoms with E-state index in [0.29, 0.717) is 5.56 Å². The number of rotatable bonds is 3. The van der Waals surface area contributed by atoms with Crippen LogP contribution < -0.4 is 5.32 Å². The number of nitrogens with one attached hydrogen (secondary N) is 1. The van der Waals surface area contributed by atoms with Gasteiger partial charge in [-0.3, -0.25) is 14.9 Å². The van der Waals surface area contributed by atoms with Gasteiger partial charge in [-0.2, -0.15) is 0 Å². The Morgan fingerprint density at radius 1 is 1.39 bits per heavy atom. The zero-order valence-electron chi connectivity index (χ0n) is 9.43. The topological polar surface area (TPSA) is 72.2 Å². The molecule has 1 aromatic rings. The summed E-state index contributed by atoms with van der Waals surface area (Å²) >= 11 is 5.75. The van der Waals surface area contributed by atoms with Gasteiger partial charge in [-0.05, 0) is 25.0 Å². The number of amides is 1. The molecule has 2 rings (SSSR count). The predicted octanol–water partition coefficient (Wildman–Crippen LogP) is 2.70. The minimum Gasteiger partial charge on any atom is -0.349 e. The van der Waals surface area contributed by atoms with Crippen LogP contribution >= 0.6 is 11.6 Å². The van der Waals surface area contributed by atoms with E-state index in [9.17, 15) is 14.9 Å². The molecule has 0 heterocycles. The first-order valence-corrected chi connectivity index (χ1v) is 5.85. The summed E-state index contributed by atoms with van der Waals surface area (Å²) in [5.74, 6) is -0.263. The van der Waals surface area contributed by atoms with Crippen LogP contribution in [-0.2, 0) is 0 Å². The Kier molecular flexibility index (Phi) is 3.62. The molecule has 1 aliphatic rings. The van der Waals surface area contributed by atoms with Crippen molar-refractivity contribution >= 4 is 23.2 Å². The highest BCUT2D eigenvalue weighted by Crippen LogP contribution is 2.25. The molecule has 6 heteroatoms. The van der Waals surface area contributed by atoms with Crippen LogP contribution in [0.25, 0.3) is 0 Å². The van der Waals surface area contributed by atoms with Crippen molar-refractivity contribution in [3.63, 3.8) is 0 Å². The fourth-order valence-corrected chi connectivity index (χ4v) is 2.05. The molecule has 18 heavy (non-hydrogen) atoms. The number of nitro benzene ring substituents is 1. The molecule has 1 N–H and O–H groups in total. The number of nitro groups is 1. The molecule has 0 fully saturated rings. The van der Waals surface area contributed by atoms with E-state index in [0.717, 1.165) is 12.8 Å². The van der Waals surface area contributed by atoms with Crippen LogP contribution in [-0.4, -0.2) is 16.9 Å². The quantitative estimate of drug-likeness (QED) is 0.519. The minimum atomic E-state index is -0.578. The van der Waals surface area contributed by atoms with Gasteiger partial charge in [-0.25, -0.2) is 0 Å². The van der Waals surface area contributed by atoms with Crippen LogP contribution in [0.3, 0.4) is 0 Å². The predicted molar refractivity (Wildman–Crippen MR) is 67.7 cm³/mol. The molecule has 0 spiro atoms. The maximum Gasteiger partial charge on any atom is 0.287 e. The maximum atomic E-state index is 11.9. The Balaban J connectivity index is 2.11. The average Bonchev–Trinajstić information content (AvgIpc) is 2.81. The highest BCUT2D eigenvalue weighted by atomic mass is 35.5. The average molecular weight is 267 g/mol. The van der Waals surface area contributed by atoms with Gasteiger partial charge in [-0.15, -0.1) is 0 Å². The van der Waals surface area contributed by atoms with Gasteiger partial charge < -0.3 is 5.32 Å². The number of nitrogens with zero attached hydrogens (tertiary/aromatic N) is 1. The van der Waals surface area contributed by atoms with Crippen LogP contribution in [0, 0.1) is 10.1 Å². The SMILES string of the molecule is O=C(NC1CC=CC1)c1ccc([N+](=O)[O-])c(Cl)c1. The third-order valence-electron chi connectivity index (χ3n) is 2.75. The highest BCUT2D eigenvalue weighted by Gasteiger charge is 2.18. The van der Waals surface area contributed by atoms with Crippen molar-refractivity contribution in [2.45, 2.75) is 18.9 Å². The van der Waals surface area contributed by atoms with E-state index in [-0.39, 0.29) is 22.7 Å². The zero-order valence-corrected chi connectivity index (χ0v) is 10.2. The number of carbonyl (C=O) groups is 1. The Labute approximate surface area is 109 Å². The molecule has 1 aromatic carbocycles. The summed E-state index contributed by atoms with van der Waals surface area (Å²) < 4.78 is 0. The molecule has 0 unspecified atom stereocenters. The van der Waals surface area contributed by atoms with Gasteiger partial charge in [0.05, 0.1) is 4.92 Å². The Morgan fingerprint density at radius 3 is 2.61 bits per heavy atom. The zero-order chi connectivity index (χ0) is 13.1. The van der Waals surface area contributed by atoms with E-state index >= 15 is 0 Å². The monoisotopic (exact) mass is 266 g/mol. The number of halogens is 1. The van der Waals surface area contributed by atoms with Gasteiger partial charge in [0, 0.05) is 17.7 Å². The van der Waals surface area contributed by atoms with Crippen molar-refractivity contribution in [1.29, 1.82) is 0 Å². The first-order valence-electron chi connectivity index (χ1n) is 5.47. The Morgan fingerprint density at radius 2 is 2.06 bits per heavy atom. The van der Waals surface area contributed by atoms with E-state index in [1.165, 1.54) is 18.2 Å². The third-order valence-corrected chi connectivity index (χ3v) is 3.05. The molecule has 0 radical (unpaired) electrons. The second-order valence-corrected chi connectivity index (χ2v) is 4.44. The van der Waals surface area contributed by atoms with Crippen molar-refractivity contribution < 1.29 is 9.72 Å². The van der Waals surface area contributed by atoms with Crippen LogP contribution in [0.4, 0.5) is 5.69 Å². The molecule has 0 aromatic heterocycles. The number of hydrogen-bond donors (Lipinski definition) is 1. The second kappa shape index (κ2) is 5.18. The molecule has 1 amide bonds. The fraction of sp³-hybridized carbons (Fsp3) is 0.250. The summed E-state index contributed by atoms with van der Waals surface area (Å²) in [6.07, 6.45) is 5.64. The molecule has 0 saturated heterocycles. The summed E-state index contributed by atoms with van der Waals surface area (Å²) in [7, 11) is 0. The lowest BCUT2D eigenvalue weighted by molar-refractivity contribution is -0.384. The van der Waals surface area contributed by atoms with Crippen molar-refractivity contribution in [1.82, 2.24) is 5.32 Å². The normalized spacial score (nSPS) is 14.7. The van der Waals surface area contributed by atoms with Crippen LogP contribution in [0.1, 0.15) is 23.2 Å². The standard InChI is InChI=1S/C12H11ClN2O3/c13-10-7-8(5-6-11(10)15(17)18)12(16)14-9-3-1-2-4-9/h1-2,5-7,9H,3-4H2,(H,14,16). The van der Waals surface area contributed by atoms with E-state index in [1.807, 2.05) is 12.2 Å². The third kappa shape index (κ3) is 2.68. The van der Waals surface area contributed by atoms with Crippen molar-refractivity contribution in [2.24, 2.45) is 0 Å². The Bertz CT molecular complexity index is 520. The van der Waals surface area contributed by atoms with Gasteiger partial charge >= 0.3 is 0 Å². The highest BCUT2D eigenvalue weighted by molar-refractivity contribution is 6.33. The van der Waals surface area contributed by atoms with Gasteiger partial charge in [0.2, 0.25) is 0 Å². The van der Waals surface area contributed by atoms with Crippen molar-refractivity contribution in [3.05, 3.63) is 51.1 Å². The largest absolute Gasteiger partial charge is 0.349 e. The van der Waals surface area contributed by atoms with Gasteiger partial charge in [-0.1, -0.05) is 23.8 Å². The molecular formula is C12H11ClN2O3. The summed E-state index contributed by atoms with van der Waals surface area (Å²) in [6, 6.07) is 4.06.